The van der Waals surface area contributed by atoms with Gasteiger partial charge in [0.15, 0.2) is 0 Å². The van der Waals surface area contributed by atoms with Crippen LogP contribution in [0.4, 0.5) is 0 Å². The number of hydrogen-bond acceptors (Lipinski definition) is 1. The third-order valence-corrected chi connectivity index (χ3v) is 17.0. The molecule has 5 aromatic heterocycles. The van der Waals surface area contributed by atoms with Crippen LogP contribution in [0.2, 0.25) is 0 Å². The predicted molar refractivity (Wildman–Crippen MR) is 343 cm³/mol. The highest BCUT2D eigenvalue weighted by atomic mass is 15.1. The van der Waals surface area contributed by atoms with E-state index in [1.54, 1.807) is 0 Å². The minimum absolute atomic E-state index is 0.862. The molecule has 0 fully saturated rings. The molecule has 12 aromatic carbocycles. The first kappa shape index (κ1) is 46.0. The van der Waals surface area contributed by atoms with Crippen molar-refractivity contribution in [1.82, 2.24) is 23.3 Å². The van der Waals surface area contributed by atoms with E-state index in [-0.39, 0.29) is 0 Å². The number of fused-ring (bicyclic) bond motifs is 14. The van der Waals surface area contributed by atoms with E-state index in [2.05, 4.69) is 316 Å². The van der Waals surface area contributed by atoms with Crippen molar-refractivity contribution < 1.29 is 0 Å². The second-order valence-corrected chi connectivity index (χ2v) is 21.4. The Bertz CT molecular complexity index is 5350. The Morgan fingerprint density at radius 1 is 0.220 bits per heavy atom. The van der Waals surface area contributed by atoms with Gasteiger partial charge in [0.2, 0.25) is 0 Å². The molecule has 0 saturated carbocycles. The average molecular weight is 1040 g/mol. The summed E-state index contributed by atoms with van der Waals surface area (Å²) in [6, 6.07) is 108. The van der Waals surface area contributed by atoms with Gasteiger partial charge in [-0.3, -0.25) is 4.57 Å². The monoisotopic (exact) mass is 1040 g/mol. The normalized spacial score (nSPS) is 11.9. The summed E-state index contributed by atoms with van der Waals surface area (Å²) in [5.74, 6) is 0.862. The fourth-order valence-electron chi connectivity index (χ4n) is 13.4. The van der Waals surface area contributed by atoms with Crippen molar-refractivity contribution in [1.29, 1.82) is 0 Å². The van der Waals surface area contributed by atoms with Crippen molar-refractivity contribution in [3.8, 4) is 67.5 Å². The lowest BCUT2D eigenvalue weighted by molar-refractivity contribution is 1.08. The van der Waals surface area contributed by atoms with E-state index in [1.807, 2.05) is 0 Å². The number of rotatable bonds is 8. The van der Waals surface area contributed by atoms with E-state index in [1.165, 1.54) is 70.9 Å². The molecule has 17 rings (SSSR count). The van der Waals surface area contributed by atoms with Crippen LogP contribution in [0.1, 0.15) is 0 Å². The van der Waals surface area contributed by atoms with Gasteiger partial charge in [-0.1, -0.05) is 212 Å². The lowest BCUT2D eigenvalue weighted by Crippen LogP contribution is -2.01. The Morgan fingerprint density at radius 3 is 1.18 bits per heavy atom. The molecule has 0 aliphatic heterocycles. The van der Waals surface area contributed by atoms with Gasteiger partial charge in [0.05, 0.1) is 49.8 Å². The minimum Gasteiger partial charge on any atom is -0.307 e. The number of aromatic nitrogens is 5. The second-order valence-electron chi connectivity index (χ2n) is 21.4. The topological polar surface area (TPSA) is 32.6 Å². The minimum atomic E-state index is 0.862. The molecule has 17 aromatic rings. The van der Waals surface area contributed by atoms with Crippen molar-refractivity contribution in [2.24, 2.45) is 0 Å². The lowest BCUT2D eigenvalue weighted by Gasteiger charge is -2.15. The maximum absolute atomic E-state index is 5.67. The number of hydrogen-bond donors (Lipinski definition) is 0. The van der Waals surface area contributed by atoms with Gasteiger partial charge in [-0.15, -0.1) is 0 Å². The zero-order valence-corrected chi connectivity index (χ0v) is 44.5. The maximum Gasteiger partial charge on any atom is 0.138 e. The fraction of sp³-hybridized carbons (Fsp3) is 0. The van der Waals surface area contributed by atoms with Crippen LogP contribution >= 0.6 is 0 Å². The molecular weight excluding hydrogens is 995 g/mol. The molecule has 0 unspecified atom stereocenters. The summed E-state index contributed by atoms with van der Waals surface area (Å²) in [6.07, 6.45) is 0. The van der Waals surface area contributed by atoms with Gasteiger partial charge in [-0.05, 0) is 118 Å². The van der Waals surface area contributed by atoms with Crippen LogP contribution in [-0.4, -0.2) is 23.3 Å². The van der Waals surface area contributed by atoms with Gasteiger partial charge >= 0.3 is 0 Å². The van der Waals surface area contributed by atoms with Gasteiger partial charge in [0.25, 0.3) is 0 Å². The third kappa shape index (κ3) is 6.96. The first-order chi connectivity index (χ1) is 40.7. The molecule has 0 radical (unpaired) electrons. The first-order valence-electron chi connectivity index (χ1n) is 28.1. The molecule has 5 nitrogen and oxygen atoms in total. The maximum atomic E-state index is 5.67. The summed E-state index contributed by atoms with van der Waals surface area (Å²) in [7, 11) is 0. The molecular formula is C77H49N5. The molecule has 0 N–H and O–H groups in total. The van der Waals surface area contributed by atoms with Gasteiger partial charge in [-0.2, -0.15) is 0 Å². The highest BCUT2D eigenvalue weighted by molar-refractivity contribution is 6.28. The van der Waals surface area contributed by atoms with Gasteiger partial charge < -0.3 is 13.7 Å². The summed E-state index contributed by atoms with van der Waals surface area (Å²) < 4.78 is 9.83. The first-order valence-corrected chi connectivity index (χ1v) is 28.1. The third-order valence-electron chi connectivity index (χ3n) is 17.0. The molecule has 5 heteroatoms. The summed E-state index contributed by atoms with van der Waals surface area (Å²) in [5.41, 5.74) is 21.5. The lowest BCUT2D eigenvalue weighted by atomic mass is 9.95. The highest BCUT2D eigenvalue weighted by Crippen LogP contribution is 2.48. The Hall–Kier alpha value is -11.0. The highest BCUT2D eigenvalue weighted by Gasteiger charge is 2.26. The Kier molecular flexibility index (Phi) is 10.2. The van der Waals surface area contributed by atoms with Gasteiger partial charge in [0, 0.05) is 65.7 Å². The Balaban J connectivity index is 0.902. The number of para-hydroxylation sites is 5. The predicted octanol–water partition coefficient (Wildman–Crippen LogP) is 20.1. The summed E-state index contributed by atoms with van der Waals surface area (Å²) >= 11 is 0. The van der Waals surface area contributed by atoms with Crippen LogP contribution in [0.3, 0.4) is 0 Å². The molecule has 382 valence electrons. The largest absolute Gasteiger partial charge is 0.307 e. The Morgan fingerprint density at radius 2 is 0.610 bits per heavy atom. The van der Waals surface area contributed by atoms with E-state index in [0.717, 1.165) is 83.9 Å². The van der Waals surface area contributed by atoms with Crippen molar-refractivity contribution in [3.63, 3.8) is 0 Å². The zero-order valence-electron chi connectivity index (χ0n) is 44.5. The van der Waals surface area contributed by atoms with Gasteiger partial charge in [-0.25, -0.2) is 4.98 Å². The molecule has 0 atom stereocenters. The molecule has 0 aliphatic rings. The molecule has 0 spiro atoms. The summed E-state index contributed by atoms with van der Waals surface area (Å²) in [5, 5.41) is 9.57. The standard InChI is InChI=1S/C77H49N5/c1-4-20-50(21-5-1)52-38-42-57(43-39-52)80-69-34-15-12-30-61(69)66-49-65(73-64-31-13-17-36-71(64)81(77(73)76(66)80)58-44-40-53(41-45-58)51-22-6-2-7-23-51)54-24-18-25-55(48-54)67-32-19-37-72(78-67)82-70-35-16-11-29-60(70)63-47-46-62-59-28-10-14-33-68(59)79(74(62)75(63)82)56-26-8-3-9-27-56/h1-49H. The van der Waals surface area contributed by atoms with Crippen molar-refractivity contribution in [3.05, 3.63) is 297 Å². The molecule has 0 saturated heterocycles. The quantitative estimate of drug-likeness (QED) is 0.149. The molecule has 0 bridgehead atoms. The van der Waals surface area contributed by atoms with E-state index in [0.29, 0.717) is 0 Å². The number of nitrogens with zero attached hydrogens (tertiary/aromatic N) is 5. The van der Waals surface area contributed by atoms with Crippen LogP contribution in [0.5, 0.6) is 0 Å². The summed E-state index contributed by atoms with van der Waals surface area (Å²) in [4.78, 5) is 5.67. The number of benzene rings is 12. The van der Waals surface area contributed by atoms with Crippen molar-refractivity contribution in [2.45, 2.75) is 0 Å². The average Bonchev–Trinajstić information content (AvgIpc) is 2.68. The summed E-state index contributed by atoms with van der Waals surface area (Å²) in [6.45, 7) is 0. The van der Waals surface area contributed by atoms with E-state index >= 15 is 0 Å². The molecule has 82 heavy (non-hydrogen) atoms. The van der Waals surface area contributed by atoms with Crippen molar-refractivity contribution in [2.75, 3.05) is 0 Å². The van der Waals surface area contributed by atoms with Crippen LogP contribution in [0.25, 0.3) is 155 Å². The smallest absolute Gasteiger partial charge is 0.138 e. The van der Waals surface area contributed by atoms with E-state index in [9.17, 15) is 0 Å². The fourth-order valence-corrected chi connectivity index (χ4v) is 13.4. The molecule has 0 aliphatic carbocycles. The Labute approximate surface area is 472 Å². The SMILES string of the molecule is c1ccc(-c2ccc(-n3c4ccccc4c4cc(-c5cccc(-c6cccc(-n7c8ccccc8c8ccc9c%10ccccc%10n(-c%10ccccc%10)c9c87)n6)c5)c5c6ccccc6n(-c6ccc(-c7ccccc7)cc6)c5c43)cc2)cc1. The van der Waals surface area contributed by atoms with Crippen LogP contribution in [-0.2, 0) is 0 Å². The van der Waals surface area contributed by atoms with Gasteiger partial charge in [0.1, 0.15) is 5.82 Å². The molecule has 5 heterocycles. The molecule has 0 amide bonds. The van der Waals surface area contributed by atoms with E-state index in [4.69, 9.17) is 4.98 Å². The number of pyridine rings is 1. The zero-order chi connectivity index (χ0) is 53.8. The van der Waals surface area contributed by atoms with Crippen molar-refractivity contribution >= 4 is 87.2 Å². The second kappa shape index (κ2) is 18.3. The van der Waals surface area contributed by atoms with E-state index < -0.39 is 0 Å². The van der Waals surface area contributed by atoms with Crippen LogP contribution in [0.15, 0.2) is 297 Å². The van der Waals surface area contributed by atoms with Crippen LogP contribution in [0, 0.1) is 0 Å². The van der Waals surface area contributed by atoms with Crippen LogP contribution < -0.4 is 0 Å².